The van der Waals surface area contributed by atoms with E-state index in [9.17, 15) is 33.2 Å². The first kappa shape index (κ1) is 47.0. The number of nitrogens with one attached hydrogen (secondary N) is 3. The highest BCUT2D eigenvalue weighted by atomic mass is 32.2. The topological polar surface area (TPSA) is 216 Å². The van der Waals surface area contributed by atoms with Gasteiger partial charge in [-0.2, -0.15) is 0 Å². The fourth-order valence-corrected chi connectivity index (χ4v) is 11.8. The number of benzene rings is 2. The maximum Gasteiger partial charge on any atom is 0.312 e. The van der Waals surface area contributed by atoms with E-state index in [1.165, 1.54) is 23.4 Å². The molecular formula is C50H61N9O8S. The van der Waals surface area contributed by atoms with E-state index >= 15 is 0 Å². The molecule has 68 heavy (non-hydrogen) atoms. The highest BCUT2D eigenvalue weighted by molar-refractivity contribution is 7.90. The Balaban J connectivity index is 0.901. The molecule has 0 unspecified atom stereocenters. The average molecular weight is 948 g/mol. The molecule has 0 radical (unpaired) electrons. The van der Waals surface area contributed by atoms with Gasteiger partial charge in [-0.25, -0.2) is 23.1 Å². The SMILES string of the molecule is CC(=O)N1CCN(C2CC3(CCN(c4ccc(C(=O)NS(=O)(=O)c5cnc(NCC6CCC(C)(O)CC6)c([N+](=O)[O-])c5)c(Oc5cnc6[nH]ccc6c5)c4)CC3)C2)[C@H](c2ccccc2C(C)C)C1. The summed E-state index contributed by atoms with van der Waals surface area (Å²) in [4.78, 5) is 56.0. The van der Waals surface area contributed by atoms with Crippen molar-refractivity contribution in [3.8, 4) is 11.5 Å². The Hall–Kier alpha value is -6.11. The zero-order chi connectivity index (χ0) is 48.0. The Morgan fingerprint density at radius 2 is 1.74 bits per heavy atom. The van der Waals surface area contributed by atoms with Gasteiger partial charge in [-0.15, -0.1) is 0 Å². The number of piperazine rings is 1. The second kappa shape index (κ2) is 18.8. The Kier molecular flexibility index (Phi) is 13.0. The fraction of sp³-hybridized carbons (Fsp3) is 0.480. The summed E-state index contributed by atoms with van der Waals surface area (Å²) >= 11 is 0. The molecule has 1 atom stereocenters. The summed E-state index contributed by atoms with van der Waals surface area (Å²) in [6, 6.07) is 18.8. The van der Waals surface area contributed by atoms with Crippen LogP contribution < -0.4 is 19.7 Å². The third-order valence-electron chi connectivity index (χ3n) is 15.0. The lowest BCUT2D eigenvalue weighted by Gasteiger charge is -2.58. The van der Waals surface area contributed by atoms with E-state index in [1.54, 1.807) is 38.2 Å². The number of aliphatic hydroxyl groups is 1. The first-order valence-corrected chi connectivity index (χ1v) is 25.2. The van der Waals surface area contributed by atoms with Crippen LogP contribution in [0.5, 0.6) is 11.5 Å². The van der Waals surface area contributed by atoms with E-state index in [0.29, 0.717) is 49.3 Å². The van der Waals surface area contributed by atoms with E-state index in [0.717, 1.165) is 88.0 Å². The predicted molar refractivity (Wildman–Crippen MR) is 258 cm³/mol. The monoisotopic (exact) mass is 947 g/mol. The van der Waals surface area contributed by atoms with E-state index in [-0.39, 0.29) is 40.4 Å². The minimum Gasteiger partial charge on any atom is -0.455 e. The lowest BCUT2D eigenvalue weighted by atomic mass is 9.59. The van der Waals surface area contributed by atoms with Gasteiger partial charge in [0.15, 0.2) is 0 Å². The molecule has 17 nitrogen and oxygen atoms in total. The maximum absolute atomic E-state index is 14.0. The molecule has 9 rings (SSSR count). The van der Waals surface area contributed by atoms with Crippen molar-refractivity contribution in [3.05, 3.63) is 106 Å². The molecule has 4 N–H and O–H groups in total. The zero-order valence-electron chi connectivity index (χ0n) is 39.1. The van der Waals surface area contributed by atoms with Crippen molar-refractivity contribution in [3.63, 3.8) is 0 Å². The minimum absolute atomic E-state index is 0.0625. The minimum atomic E-state index is -4.65. The molecule has 2 aromatic carbocycles. The number of H-pyrrole nitrogens is 1. The van der Waals surface area contributed by atoms with Crippen molar-refractivity contribution in [2.24, 2.45) is 11.3 Å². The highest BCUT2D eigenvalue weighted by Gasteiger charge is 2.50. The molecule has 4 fully saturated rings. The summed E-state index contributed by atoms with van der Waals surface area (Å²) in [6.45, 7) is 12.1. The Bertz CT molecular complexity index is 2810. The number of nitro groups is 1. The number of sulfonamides is 1. The van der Waals surface area contributed by atoms with Crippen LogP contribution in [-0.4, -0.2) is 106 Å². The van der Waals surface area contributed by atoms with E-state index in [4.69, 9.17) is 4.74 Å². The van der Waals surface area contributed by atoms with Crippen molar-refractivity contribution in [1.82, 2.24) is 29.5 Å². The van der Waals surface area contributed by atoms with Crippen LogP contribution >= 0.6 is 0 Å². The predicted octanol–water partition coefficient (Wildman–Crippen LogP) is 7.91. The normalized spacial score (nSPS) is 22.3. The molecule has 0 bridgehead atoms. The van der Waals surface area contributed by atoms with Gasteiger partial charge in [0.2, 0.25) is 11.7 Å². The summed E-state index contributed by atoms with van der Waals surface area (Å²) in [5.74, 6) is 0.0160. The number of hydrogen-bond acceptors (Lipinski definition) is 13. The van der Waals surface area contributed by atoms with Crippen LogP contribution in [0.2, 0.25) is 0 Å². The first-order valence-electron chi connectivity index (χ1n) is 23.7. The van der Waals surface area contributed by atoms with Crippen molar-refractivity contribution < 1.29 is 32.8 Å². The molecular weight excluding hydrogens is 887 g/mol. The summed E-state index contributed by atoms with van der Waals surface area (Å²) in [7, 11) is -4.65. The number of anilines is 2. The summed E-state index contributed by atoms with van der Waals surface area (Å²) < 4.78 is 35.9. The van der Waals surface area contributed by atoms with Gasteiger partial charge in [0.05, 0.1) is 34.5 Å². The number of aromatic amines is 1. The summed E-state index contributed by atoms with van der Waals surface area (Å²) in [5.41, 5.74) is 2.96. The number of amides is 2. The fourth-order valence-electron chi connectivity index (χ4n) is 10.9. The van der Waals surface area contributed by atoms with Crippen LogP contribution in [0.3, 0.4) is 0 Å². The molecule has 5 heterocycles. The van der Waals surface area contributed by atoms with Gasteiger partial charge in [0.1, 0.15) is 22.0 Å². The molecule has 2 amide bonds. The van der Waals surface area contributed by atoms with Crippen molar-refractivity contribution in [1.29, 1.82) is 0 Å². The second-order valence-electron chi connectivity index (χ2n) is 20.0. The van der Waals surface area contributed by atoms with Crippen LogP contribution in [-0.2, 0) is 14.8 Å². The van der Waals surface area contributed by atoms with Crippen molar-refractivity contribution in [2.45, 2.75) is 108 Å². The number of carbonyl (C=O) groups is 2. The standard InChI is InChI=1S/C50H61N9O8S/c1-32(2)40-7-5-6-8-41(40)44-31-57(33(3)60)21-22-58(44)37-26-50(27-37)16-19-56(20-17-50)36-9-10-42(45(24-36)67-38-23-35-13-18-51-46(35)53-29-38)48(61)55-68(65,66)39-25-43(59(63)64)47(54-30-39)52-28-34-11-14-49(4,62)15-12-34/h5-10,13,18,23-25,29-30,32,34,37,44,62H,11-12,14-17,19-22,26-28,31H2,1-4H3,(H,51,53)(H,52,54)(H,55,61)/t34?,44-,49?/m0/s1. The molecule has 2 aliphatic heterocycles. The smallest absolute Gasteiger partial charge is 0.312 e. The molecule has 5 aromatic rings. The number of aromatic nitrogens is 3. The molecule has 4 aliphatic rings. The molecule has 1 spiro atoms. The molecule has 2 saturated carbocycles. The quantitative estimate of drug-likeness (QED) is 0.0653. The first-order chi connectivity index (χ1) is 32.5. The number of piperidine rings is 1. The lowest BCUT2D eigenvalue weighted by molar-refractivity contribution is -0.384. The largest absolute Gasteiger partial charge is 0.455 e. The average Bonchev–Trinajstić information content (AvgIpc) is 3.78. The number of ether oxygens (including phenoxy) is 1. The summed E-state index contributed by atoms with van der Waals surface area (Å²) in [5, 5.41) is 26.2. The number of pyridine rings is 2. The van der Waals surface area contributed by atoms with Gasteiger partial charge < -0.3 is 29.9 Å². The Morgan fingerprint density at radius 1 is 0.985 bits per heavy atom. The van der Waals surface area contributed by atoms with Crippen LogP contribution in [0.25, 0.3) is 11.0 Å². The molecule has 2 aliphatic carbocycles. The van der Waals surface area contributed by atoms with Gasteiger partial charge in [-0.05, 0) is 111 Å². The van der Waals surface area contributed by atoms with Gasteiger partial charge in [0, 0.05) is 81.6 Å². The Morgan fingerprint density at radius 3 is 2.46 bits per heavy atom. The van der Waals surface area contributed by atoms with Crippen LogP contribution in [0.1, 0.15) is 113 Å². The maximum atomic E-state index is 14.0. The van der Waals surface area contributed by atoms with Gasteiger partial charge >= 0.3 is 5.69 Å². The highest BCUT2D eigenvalue weighted by Crippen LogP contribution is 2.53. The molecule has 18 heteroatoms. The van der Waals surface area contributed by atoms with E-state index < -0.39 is 37.0 Å². The summed E-state index contributed by atoms with van der Waals surface area (Å²) in [6.07, 6.45) is 11.1. The molecule has 2 saturated heterocycles. The zero-order valence-corrected chi connectivity index (χ0v) is 39.9. The van der Waals surface area contributed by atoms with Crippen LogP contribution in [0, 0.1) is 21.4 Å². The van der Waals surface area contributed by atoms with E-state index in [1.807, 2.05) is 11.0 Å². The second-order valence-corrected chi connectivity index (χ2v) is 21.7. The lowest BCUT2D eigenvalue weighted by Crippen LogP contribution is -2.60. The van der Waals surface area contributed by atoms with Gasteiger partial charge in [-0.3, -0.25) is 24.6 Å². The van der Waals surface area contributed by atoms with Crippen molar-refractivity contribution >= 4 is 50.1 Å². The molecule has 3 aromatic heterocycles. The van der Waals surface area contributed by atoms with Gasteiger partial charge in [0.25, 0.3) is 15.9 Å². The van der Waals surface area contributed by atoms with Crippen LogP contribution in [0.4, 0.5) is 17.2 Å². The number of carbonyl (C=O) groups excluding carboxylic acids is 2. The van der Waals surface area contributed by atoms with Crippen molar-refractivity contribution in [2.75, 3.05) is 49.5 Å². The third-order valence-corrected chi connectivity index (χ3v) is 16.3. The molecule has 360 valence electrons. The third kappa shape index (κ3) is 9.89. The Labute approximate surface area is 396 Å². The van der Waals surface area contributed by atoms with Gasteiger partial charge in [-0.1, -0.05) is 38.1 Å². The van der Waals surface area contributed by atoms with Crippen LogP contribution in [0.15, 0.2) is 84.1 Å². The van der Waals surface area contributed by atoms with E-state index in [2.05, 4.69) is 72.9 Å². The number of nitrogens with zero attached hydrogens (tertiary/aromatic N) is 6. The number of rotatable bonds is 13. The number of fused-ring (bicyclic) bond motifs is 1. The number of hydrogen-bond donors (Lipinski definition) is 4.